The van der Waals surface area contributed by atoms with Crippen molar-refractivity contribution in [2.75, 3.05) is 7.11 Å². The van der Waals surface area contributed by atoms with Gasteiger partial charge in [-0.05, 0) is 36.4 Å². The molecule has 0 radical (unpaired) electrons. The number of aromatic carboxylic acids is 1. The van der Waals surface area contributed by atoms with Crippen LogP contribution in [0.1, 0.15) is 26.3 Å². The quantitative estimate of drug-likeness (QED) is 0.378. The number of carbonyl (C=O) groups is 2. The number of nitrogens with zero attached hydrogens (tertiary/aromatic N) is 1. The fraction of sp³-hybridized carbons (Fsp3) is 0.0588. The van der Waals surface area contributed by atoms with Gasteiger partial charge >= 0.3 is 5.97 Å². The molecule has 0 atom stereocenters. The number of carbonyl (C=O) groups excluding carboxylic acids is 1. The fourth-order valence-corrected chi connectivity index (χ4v) is 2.03. The maximum Gasteiger partial charge on any atom is 0.335 e. The van der Waals surface area contributed by atoms with Crippen LogP contribution in [-0.2, 0) is 0 Å². The zero-order valence-corrected chi connectivity index (χ0v) is 12.6. The van der Waals surface area contributed by atoms with Crippen molar-refractivity contribution in [3.63, 3.8) is 0 Å². The van der Waals surface area contributed by atoms with Gasteiger partial charge in [0, 0.05) is 11.6 Å². The van der Waals surface area contributed by atoms with Crippen LogP contribution in [0.15, 0.2) is 48.5 Å². The summed E-state index contributed by atoms with van der Waals surface area (Å²) in [6.45, 7) is 0. The average molecular weight is 327 g/mol. The van der Waals surface area contributed by atoms with E-state index in [-0.39, 0.29) is 22.4 Å². The van der Waals surface area contributed by atoms with Gasteiger partial charge in [-0.15, -0.1) is 0 Å². The molecule has 24 heavy (non-hydrogen) atoms. The molecular formula is C17H13NO6. The Morgan fingerprint density at radius 3 is 2.50 bits per heavy atom. The summed E-state index contributed by atoms with van der Waals surface area (Å²) in [5.74, 6) is -1.19. The molecule has 1 N–H and O–H groups in total. The third kappa shape index (κ3) is 3.83. The second kappa shape index (κ2) is 7.19. The molecule has 7 nitrogen and oxygen atoms in total. The summed E-state index contributed by atoms with van der Waals surface area (Å²) < 4.78 is 5.02. The van der Waals surface area contributed by atoms with Gasteiger partial charge in [0.15, 0.2) is 5.78 Å². The number of benzene rings is 2. The second-order valence-corrected chi connectivity index (χ2v) is 4.77. The van der Waals surface area contributed by atoms with Crippen molar-refractivity contribution in [2.45, 2.75) is 0 Å². The van der Waals surface area contributed by atoms with E-state index >= 15 is 0 Å². The van der Waals surface area contributed by atoms with E-state index < -0.39 is 16.7 Å². The van der Waals surface area contributed by atoms with Crippen LogP contribution in [0.5, 0.6) is 5.75 Å². The molecule has 0 fully saturated rings. The Morgan fingerprint density at radius 2 is 1.88 bits per heavy atom. The van der Waals surface area contributed by atoms with E-state index in [9.17, 15) is 19.7 Å². The summed E-state index contributed by atoms with van der Waals surface area (Å²) in [5, 5.41) is 20.0. The van der Waals surface area contributed by atoms with Gasteiger partial charge in [0.05, 0.1) is 23.2 Å². The average Bonchev–Trinajstić information content (AvgIpc) is 2.59. The van der Waals surface area contributed by atoms with Crippen molar-refractivity contribution in [3.05, 3.63) is 75.3 Å². The minimum absolute atomic E-state index is 0.0124. The van der Waals surface area contributed by atoms with Crippen LogP contribution in [0.3, 0.4) is 0 Å². The van der Waals surface area contributed by atoms with Crippen LogP contribution in [0.4, 0.5) is 5.69 Å². The standard InChI is InChI=1S/C17H13NO6/c1-24-14-6-7-15(18(22)23)11(10-14)5-8-16(19)12-3-2-4-13(9-12)17(20)21/h2-10H,1H3,(H,20,21)/b8-5-. The number of methoxy groups -OCH3 is 1. The number of ether oxygens (including phenoxy) is 1. The lowest BCUT2D eigenvalue weighted by molar-refractivity contribution is -0.385. The molecule has 0 amide bonds. The summed E-state index contributed by atoms with van der Waals surface area (Å²) >= 11 is 0. The van der Waals surface area contributed by atoms with Crippen molar-refractivity contribution in [1.82, 2.24) is 0 Å². The Kier molecular flexibility index (Phi) is 5.06. The number of nitro benzene ring substituents is 1. The summed E-state index contributed by atoms with van der Waals surface area (Å²) in [7, 11) is 1.43. The molecule has 0 aliphatic heterocycles. The predicted octanol–water partition coefficient (Wildman–Crippen LogP) is 3.20. The van der Waals surface area contributed by atoms with E-state index in [2.05, 4.69) is 0 Å². The minimum Gasteiger partial charge on any atom is -0.497 e. The molecule has 0 aliphatic carbocycles. The van der Waals surface area contributed by atoms with Crippen LogP contribution in [-0.4, -0.2) is 28.9 Å². The van der Waals surface area contributed by atoms with E-state index in [0.717, 1.165) is 6.08 Å². The number of hydrogen-bond acceptors (Lipinski definition) is 5. The van der Waals surface area contributed by atoms with Gasteiger partial charge in [-0.1, -0.05) is 12.1 Å². The van der Waals surface area contributed by atoms with E-state index in [4.69, 9.17) is 9.84 Å². The maximum absolute atomic E-state index is 12.1. The summed E-state index contributed by atoms with van der Waals surface area (Å²) in [5.41, 5.74) is 0.208. The van der Waals surface area contributed by atoms with Crippen molar-refractivity contribution in [2.24, 2.45) is 0 Å². The molecule has 2 aromatic carbocycles. The highest BCUT2D eigenvalue weighted by molar-refractivity contribution is 6.08. The van der Waals surface area contributed by atoms with E-state index in [1.54, 1.807) is 0 Å². The third-order valence-electron chi connectivity index (χ3n) is 3.24. The molecule has 0 unspecified atom stereocenters. The zero-order chi connectivity index (χ0) is 17.7. The second-order valence-electron chi connectivity index (χ2n) is 4.77. The molecule has 2 aromatic rings. The number of hydrogen-bond donors (Lipinski definition) is 1. The first kappa shape index (κ1) is 16.9. The molecule has 2 rings (SSSR count). The van der Waals surface area contributed by atoms with Gasteiger partial charge in [-0.3, -0.25) is 14.9 Å². The Hall–Kier alpha value is -3.48. The molecule has 0 saturated heterocycles. The summed E-state index contributed by atoms with van der Waals surface area (Å²) in [6.07, 6.45) is 2.46. The molecule has 0 aliphatic rings. The molecule has 0 spiro atoms. The predicted molar refractivity (Wildman–Crippen MR) is 86.4 cm³/mol. The maximum atomic E-state index is 12.1. The van der Waals surface area contributed by atoms with Gasteiger partial charge in [-0.2, -0.15) is 0 Å². The number of carboxylic acid groups (broad SMARTS) is 1. The van der Waals surface area contributed by atoms with E-state index in [1.807, 2.05) is 0 Å². The Balaban J connectivity index is 2.33. The van der Waals surface area contributed by atoms with Crippen molar-refractivity contribution >= 4 is 23.5 Å². The molecule has 0 heterocycles. The Bertz CT molecular complexity index is 841. The fourth-order valence-electron chi connectivity index (χ4n) is 2.03. The summed E-state index contributed by atoms with van der Waals surface area (Å²) in [4.78, 5) is 33.6. The Morgan fingerprint density at radius 1 is 1.17 bits per heavy atom. The van der Waals surface area contributed by atoms with Crippen LogP contribution >= 0.6 is 0 Å². The van der Waals surface area contributed by atoms with Crippen molar-refractivity contribution in [1.29, 1.82) is 0 Å². The molecule has 0 aromatic heterocycles. The highest BCUT2D eigenvalue weighted by atomic mass is 16.6. The van der Waals surface area contributed by atoms with Gasteiger partial charge in [0.2, 0.25) is 0 Å². The van der Waals surface area contributed by atoms with E-state index in [1.165, 1.54) is 55.7 Å². The first-order chi connectivity index (χ1) is 11.4. The Labute approximate surface area is 137 Å². The zero-order valence-electron chi connectivity index (χ0n) is 12.6. The number of nitro groups is 1. The van der Waals surface area contributed by atoms with Crippen LogP contribution < -0.4 is 4.74 Å². The highest BCUT2D eigenvalue weighted by Crippen LogP contribution is 2.25. The normalized spacial score (nSPS) is 10.5. The lowest BCUT2D eigenvalue weighted by Gasteiger charge is -2.02. The largest absolute Gasteiger partial charge is 0.497 e. The highest BCUT2D eigenvalue weighted by Gasteiger charge is 2.13. The molecule has 122 valence electrons. The molecular weight excluding hydrogens is 314 g/mol. The van der Waals surface area contributed by atoms with Gasteiger partial charge in [0.1, 0.15) is 5.75 Å². The lowest BCUT2D eigenvalue weighted by atomic mass is 10.1. The van der Waals surface area contributed by atoms with Crippen LogP contribution in [0, 0.1) is 10.1 Å². The minimum atomic E-state index is -1.14. The monoisotopic (exact) mass is 327 g/mol. The van der Waals surface area contributed by atoms with Crippen molar-refractivity contribution < 1.29 is 24.4 Å². The van der Waals surface area contributed by atoms with Gasteiger partial charge in [-0.25, -0.2) is 4.79 Å². The molecule has 7 heteroatoms. The first-order valence-electron chi connectivity index (χ1n) is 6.80. The van der Waals surface area contributed by atoms with Crippen molar-refractivity contribution in [3.8, 4) is 5.75 Å². The SMILES string of the molecule is COc1ccc([N+](=O)[O-])c(/C=C\C(=O)c2cccc(C(=O)O)c2)c1. The van der Waals surface area contributed by atoms with E-state index in [0.29, 0.717) is 5.75 Å². The number of carboxylic acids is 1. The van der Waals surface area contributed by atoms with Gasteiger partial charge < -0.3 is 9.84 Å². The first-order valence-corrected chi connectivity index (χ1v) is 6.80. The molecule has 0 bridgehead atoms. The number of ketones is 1. The number of rotatable bonds is 6. The topological polar surface area (TPSA) is 107 Å². The number of allylic oxidation sites excluding steroid dienone is 1. The van der Waals surface area contributed by atoms with Crippen LogP contribution in [0.25, 0.3) is 6.08 Å². The van der Waals surface area contributed by atoms with Crippen LogP contribution in [0.2, 0.25) is 0 Å². The lowest BCUT2D eigenvalue weighted by Crippen LogP contribution is -2.00. The third-order valence-corrected chi connectivity index (χ3v) is 3.24. The van der Waals surface area contributed by atoms with Gasteiger partial charge in [0.25, 0.3) is 5.69 Å². The summed E-state index contributed by atoms with van der Waals surface area (Å²) in [6, 6.07) is 9.72. The molecule has 0 saturated carbocycles. The smallest absolute Gasteiger partial charge is 0.335 e.